The fourth-order valence-corrected chi connectivity index (χ4v) is 3.10. The lowest BCUT2D eigenvalue weighted by Gasteiger charge is -2.10. The molecule has 4 nitrogen and oxygen atoms in total. The van der Waals surface area contributed by atoms with Crippen molar-refractivity contribution >= 4 is 32.6 Å². The van der Waals surface area contributed by atoms with Gasteiger partial charge in [0, 0.05) is 0 Å². The summed E-state index contributed by atoms with van der Waals surface area (Å²) < 4.78 is 19.2. The molecule has 1 amide bonds. The van der Waals surface area contributed by atoms with Gasteiger partial charge in [0.1, 0.15) is 11.6 Å². The van der Waals surface area contributed by atoms with Gasteiger partial charge in [-0.1, -0.05) is 23.5 Å². The van der Waals surface area contributed by atoms with Gasteiger partial charge in [-0.3, -0.25) is 10.1 Å². The number of rotatable bonds is 3. The van der Waals surface area contributed by atoms with Crippen molar-refractivity contribution in [3.8, 4) is 5.75 Å². The summed E-state index contributed by atoms with van der Waals surface area (Å²) in [5, 5.41) is 3.16. The minimum Gasteiger partial charge on any atom is -0.496 e. The molecule has 0 radical (unpaired) electrons. The van der Waals surface area contributed by atoms with Crippen LogP contribution < -0.4 is 10.1 Å². The third-order valence-corrected chi connectivity index (χ3v) is 4.17. The number of hydrogen-bond acceptors (Lipinski definition) is 4. The van der Waals surface area contributed by atoms with Crippen LogP contribution in [0.15, 0.2) is 36.4 Å². The molecule has 0 aliphatic heterocycles. The van der Waals surface area contributed by atoms with E-state index in [2.05, 4.69) is 10.3 Å². The molecular weight excluding hydrogens is 303 g/mol. The fraction of sp³-hybridized carbons (Fsp3) is 0.125. The number of thiazole rings is 1. The summed E-state index contributed by atoms with van der Waals surface area (Å²) in [5.41, 5.74) is 1.97. The SMILES string of the molecule is COc1c(C)cccc1C(=O)Nc1nc2ccc(F)cc2s1. The van der Waals surface area contributed by atoms with E-state index in [4.69, 9.17) is 4.74 Å². The van der Waals surface area contributed by atoms with Gasteiger partial charge in [-0.25, -0.2) is 9.37 Å². The van der Waals surface area contributed by atoms with Crippen molar-refractivity contribution in [1.82, 2.24) is 4.98 Å². The normalized spacial score (nSPS) is 10.7. The minimum atomic E-state index is -0.325. The van der Waals surface area contributed by atoms with Crippen LogP contribution in [0.2, 0.25) is 0 Å². The lowest BCUT2D eigenvalue weighted by molar-refractivity contribution is 0.102. The van der Waals surface area contributed by atoms with Crippen LogP contribution in [-0.2, 0) is 0 Å². The van der Waals surface area contributed by atoms with Gasteiger partial charge in [0.15, 0.2) is 5.13 Å². The summed E-state index contributed by atoms with van der Waals surface area (Å²) in [6.45, 7) is 1.87. The molecule has 0 unspecified atom stereocenters. The average molecular weight is 316 g/mol. The molecule has 0 saturated heterocycles. The Balaban J connectivity index is 1.91. The van der Waals surface area contributed by atoms with Crippen molar-refractivity contribution < 1.29 is 13.9 Å². The first-order chi connectivity index (χ1) is 10.6. The Morgan fingerprint density at radius 2 is 2.14 bits per heavy atom. The zero-order valence-electron chi connectivity index (χ0n) is 12.0. The number of carbonyl (C=O) groups is 1. The first-order valence-electron chi connectivity index (χ1n) is 6.59. The molecule has 0 aliphatic carbocycles. The van der Waals surface area contributed by atoms with Gasteiger partial charge in [0.05, 0.1) is 22.9 Å². The van der Waals surface area contributed by atoms with Crippen LogP contribution in [0.4, 0.5) is 9.52 Å². The maximum atomic E-state index is 13.2. The third kappa shape index (κ3) is 2.65. The zero-order valence-corrected chi connectivity index (χ0v) is 12.8. The van der Waals surface area contributed by atoms with Crippen molar-refractivity contribution in [3.63, 3.8) is 0 Å². The highest BCUT2D eigenvalue weighted by molar-refractivity contribution is 7.22. The van der Waals surface area contributed by atoms with Crippen LogP contribution in [0.1, 0.15) is 15.9 Å². The van der Waals surface area contributed by atoms with Crippen molar-refractivity contribution in [2.24, 2.45) is 0 Å². The van der Waals surface area contributed by atoms with E-state index in [-0.39, 0.29) is 11.7 Å². The van der Waals surface area contributed by atoms with Gasteiger partial charge in [-0.2, -0.15) is 0 Å². The first kappa shape index (κ1) is 14.5. The molecule has 1 aromatic heterocycles. The number of aromatic nitrogens is 1. The number of para-hydroxylation sites is 1. The first-order valence-corrected chi connectivity index (χ1v) is 7.41. The van der Waals surface area contributed by atoms with E-state index in [1.54, 1.807) is 18.2 Å². The van der Waals surface area contributed by atoms with Gasteiger partial charge in [0.25, 0.3) is 5.91 Å². The summed E-state index contributed by atoms with van der Waals surface area (Å²) in [4.78, 5) is 16.7. The van der Waals surface area contributed by atoms with Crippen LogP contribution in [0.25, 0.3) is 10.2 Å². The number of fused-ring (bicyclic) bond motifs is 1. The van der Waals surface area contributed by atoms with Crippen LogP contribution in [0.3, 0.4) is 0 Å². The molecule has 2 aromatic carbocycles. The molecule has 0 atom stereocenters. The standard InChI is InChI=1S/C16H13FN2O2S/c1-9-4-3-5-11(14(9)21-2)15(20)19-16-18-12-7-6-10(17)8-13(12)22-16/h3-8H,1-2H3,(H,18,19,20). The highest BCUT2D eigenvalue weighted by atomic mass is 32.1. The summed E-state index contributed by atoms with van der Waals surface area (Å²) in [7, 11) is 1.53. The van der Waals surface area contributed by atoms with Crippen molar-refractivity contribution in [2.75, 3.05) is 12.4 Å². The molecule has 0 bridgehead atoms. The van der Waals surface area contributed by atoms with E-state index in [1.165, 1.54) is 30.6 Å². The summed E-state index contributed by atoms with van der Waals surface area (Å²) >= 11 is 1.23. The van der Waals surface area contributed by atoms with E-state index in [9.17, 15) is 9.18 Å². The molecule has 22 heavy (non-hydrogen) atoms. The molecule has 3 aromatic rings. The Kier molecular flexibility index (Phi) is 3.77. The average Bonchev–Trinajstić information content (AvgIpc) is 2.88. The topological polar surface area (TPSA) is 51.2 Å². The number of anilines is 1. The Morgan fingerprint density at radius 3 is 2.91 bits per heavy atom. The molecule has 0 spiro atoms. The molecule has 6 heteroatoms. The van der Waals surface area contributed by atoms with E-state index in [1.807, 2.05) is 13.0 Å². The van der Waals surface area contributed by atoms with Gasteiger partial charge < -0.3 is 4.74 Å². The predicted molar refractivity (Wildman–Crippen MR) is 85.3 cm³/mol. The number of carbonyl (C=O) groups excluding carboxylic acids is 1. The number of nitrogens with one attached hydrogen (secondary N) is 1. The van der Waals surface area contributed by atoms with Crippen molar-refractivity contribution in [3.05, 3.63) is 53.3 Å². The van der Waals surface area contributed by atoms with Crippen molar-refractivity contribution in [2.45, 2.75) is 6.92 Å². The van der Waals surface area contributed by atoms with E-state index < -0.39 is 0 Å². The second kappa shape index (κ2) is 5.73. The highest BCUT2D eigenvalue weighted by Gasteiger charge is 2.15. The lowest BCUT2D eigenvalue weighted by atomic mass is 10.1. The van der Waals surface area contributed by atoms with Crippen LogP contribution >= 0.6 is 11.3 Å². The summed E-state index contributed by atoms with van der Waals surface area (Å²) in [6, 6.07) is 9.68. The van der Waals surface area contributed by atoms with Gasteiger partial charge >= 0.3 is 0 Å². The van der Waals surface area contributed by atoms with E-state index in [0.29, 0.717) is 26.7 Å². The smallest absolute Gasteiger partial charge is 0.261 e. The molecule has 1 N–H and O–H groups in total. The molecule has 1 heterocycles. The van der Waals surface area contributed by atoms with Gasteiger partial charge in [-0.05, 0) is 36.8 Å². The van der Waals surface area contributed by atoms with Gasteiger partial charge in [-0.15, -0.1) is 0 Å². The maximum Gasteiger partial charge on any atom is 0.261 e. The number of nitrogens with zero attached hydrogens (tertiary/aromatic N) is 1. The molecular formula is C16H13FN2O2S. The van der Waals surface area contributed by atoms with Gasteiger partial charge in [0.2, 0.25) is 0 Å². The third-order valence-electron chi connectivity index (χ3n) is 3.23. The van der Waals surface area contributed by atoms with E-state index in [0.717, 1.165) is 5.56 Å². The molecule has 0 fully saturated rings. The number of benzene rings is 2. The Bertz CT molecular complexity index is 860. The number of methoxy groups -OCH3 is 1. The zero-order chi connectivity index (χ0) is 15.7. The summed E-state index contributed by atoms with van der Waals surface area (Å²) in [5.74, 6) is -0.0957. The van der Waals surface area contributed by atoms with E-state index >= 15 is 0 Å². The molecule has 3 rings (SSSR count). The number of ether oxygens (including phenoxy) is 1. The number of halogens is 1. The Hall–Kier alpha value is -2.47. The predicted octanol–water partition coefficient (Wildman–Crippen LogP) is 4.00. The summed E-state index contributed by atoms with van der Waals surface area (Å²) in [6.07, 6.45) is 0. The number of aryl methyl sites for hydroxylation is 1. The molecule has 112 valence electrons. The maximum absolute atomic E-state index is 13.2. The molecule has 0 saturated carbocycles. The van der Waals surface area contributed by atoms with Crippen LogP contribution in [-0.4, -0.2) is 18.0 Å². The van der Waals surface area contributed by atoms with Crippen LogP contribution in [0, 0.1) is 12.7 Å². The Labute approximate surface area is 130 Å². The number of amides is 1. The molecule has 0 aliphatic rings. The second-order valence-corrected chi connectivity index (χ2v) is 5.77. The monoisotopic (exact) mass is 316 g/mol. The fourth-order valence-electron chi connectivity index (χ4n) is 2.22. The minimum absolute atomic E-state index is 0.305. The highest BCUT2D eigenvalue weighted by Crippen LogP contribution is 2.28. The second-order valence-electron chi connectivity index (χ2n) is 4.74. The van der Waals surface area contributed by atoms with Crippen LogP contribution in [0.5, 0.6) is 5.75 Å². The lowest BCUT2D eigenvalue weighted by Crippen LogP contribution is -2.13. The quantitative estimate of drug-likeness (QED) is 0.794. The number of hydrogen-bond donors (Lipinski definition) is 1. The Morgan fingerprint density at radius 1 is 1.32 bits per heavy atom. The largest absolute Gasteiger partial charge is 0.496 e. The van der Waals surface area contributed by atoms with Crippen molar-refractivity contribution in [1.29, 1.82) is 0 Å².